The molecule has 0 aliphatic heterocycles. The Kier molecular flexibility index (Phi) is 2.72. The Morgan fingerprint density at radius 3 is 2.50 bits per heavy atom. The zero-order chi connectivity index (χ0) is 12.4. The Morgan fingerprint density at radius 2 is 1.89 bits per heavy atom. The van der Waals surface area contributed by atoms with Gasteiger partial charge in [0.15, 0.2) is 0 Å². The largest absolute Gasteiger partial charge is 0.308 e. The summed E-state index contributed by atoms with van der Waals surface area (Å²) in [7, 11) is 0. The van der Waals surface area contributed by atoms with Gasteiger partial charge >= 0.3 is 0 Å². The van der Waals surface area contributed by atoms with Crippen LogP contribution in [-0.2, 0) is 5.41 Å². The molecule has 0 unspecified atom stereocenters. The van der Waals surface area contributed by atoms with Crippen molar-refractivity contribution in [1.29, 1.82) is 0 Å². The SMILES string of the molecule is NNc1ccnc(C2(c3ccccc3)CCC2)n1. The number of hydrogen-bond donors (Lipinski definition) is 2. The van der Waals surface area contributed by atoms with Gasteiger partial charge in [0.05, 0.1) is 5.41 Å². The van der Waals surface area contributed by atoms with E-state index < -0.39 is 0 Å². The summed E-state index contributed by atoms with van der Waals surface area (Å²) in [5.74, 6) is 6.96. The number of nitrogen functional groups attached to an aromatic ring is 1. The summed E-state index contributed by atoms with van der Waals surface area (Å²) in [5.41, 5.74) is 3.86. The normalized spacial score (nSPS) is 16.9. The number of nitrogens with zero attached hydrogens (tertiary/aromatic N) is 2. The first-order valence-corrected chi connectivity index (χ1v) is 6.21. The molecule has 0 amide bonds. The summed E-state index contributed by atoms with van der Waals surface area (Å²) in [4.78, 5) is 8.97. The number of aromatic nitrogens is 2. The molecule has 3 N–H and O–H groups in total. The third kappa shape index (κ3) is 1.66. The molecular weight excluding hydrogens is 224 g/mol. The first-order valence-electron chi connectivity index (χ1n) is 6.21. The molecule has 92 valence electrons. The number of hydrogen-bond acceptors (Lipinski definition) is 4. The third-order valence-corrected chi connectivity index (χ3v) is 3.76. The van der Waals surface area contributed by atoms with Crippen molar-refractivity contribution in [2.45, 2.75) is 24.7 Å². The van der Waals surface area contributed by atoms with E-state index in [0.717, 1.165) is 18.7 Å². The van der Waals surface area contributed by atoms with Crippen LogP contribution >= 0.6 is 0 Å². The smallest absolute Gasteiger partial charge is 0.143 e. The molecule has 4 heteroatoms. The second kappa shape index (κ2) is 4.38. The molecule has 1 aliphatic rings. The van der Waals surface area contributed by atoms with Crippen molar-refractivity contribution >= 4 is 5.82 Å². The van der Waals surface area contributed by atoms with Crippen LogP contribution in [0.25, 0.3) is 0 Å². The maximum atomic E-state index is 5.42. The van der Waals surface area contributed by atoms with E-state index >= 15 is 0 Å². The van der Waals surface area contributed by atoms with Crippen LogP contribution in [0.5, 0.6) is 0 Å². The maximum absolute atomic E-state index is 5.42. The lowest BCUT2D eigenvalue weighted by molar-refractivity contribution is 0.285. The average molecular weight is 240 g/mol. The summed E-state index contributed by atoms with van der Waals surface area (Å²) in [6, 6.07) is 12.3. The zero-order valence-electron chi connectivity index (χ0n) is 10.1. The van der Waals surface area contributed by atoms with Crippen LogP contribution in [-0.4, -0.2) is 9.97 Å². The van der Waals surface area contributed by atoms with Crippen LogP contribution in [0.1, 0.15) is 30.7 Å². The molecule has 18 heavy (non-hydrogen) atoms. The highest BCUT2D eigenvalue weighted by atomic mass is 15.3. The number of nitrogens with one attached hydrogen (secondary N) is 1. The van der Waals surface area contributed by atoms with Crippen molar-refractivity contribution in [3.63, 3.8) is 0 Å². The summed E-state index contributed by atoms with van der Waals surface area (Å²) < 4.78 is 0. The Balaban J connectivity index is 2.06. The van der Waals surface area contributed by atoms with Crippen LogP contribution in [0.3, 0.4) is 0 Å². The first-order chi connectivity index (χ1) is 8.85. The fourth-order valence-corrected chi connectivity index (χ4v) is 2.60. The van der Waals surface area contributed by atoms with Gasteiger partial charge in [-0.3, -0.25) is 0 Å². The number of benzene rings is 1. The summed E-state index contributed by atoms with van der Waals surface area (Å²) in [6.07, 6.45) is 5.19. The number of hydrazine groups is 1. The second-order valence-electron chi connectivity index (χ2n) is 4.71. The highest BCUT2D eigenvalue weighted by Gasteiger charge is 2.42. The highest BCUT2D eigenvalue weighted by molar-refractivity contribution is 5.39. The Hall–Kier alpha value is -1.94. The van der Waals surface area contributed by atoms with E-state index in [1.165, 1.54) is 12.0 Å². The van der Waals surface area contributed by atoms with Crippen LogP contribution in [0.2, 0.25) is 0 Å². The van der Waals surface area contributed by atoms with Gasteiger partial charge in [-0.2, -0.15) is 0 Å². The fraction of sp³-hybridized carbons (Fsp3) is 0.286. The number of rotatable bonds is 3. The van der Waals surface area contributed by atoms with Crippen molar-refractivity contribution in [1.82, 2.24) is 9.97 Å². The molecule has 0 spiro atoms. The average Bonchev–Trinajstić information content (AvgIpc) is 2.39. The molecule has 0 atom stereocenters. The predicted octanol–water partition coefficient (Wildman–Crippen LogP) is 2.23. The Bertz CT molecular complexity index is 535. The quantitative estimate of drug-likeness (QED) is 0.638. The van der Waals surface area contributed by atoms with Crippen molar-refractivity contribution in [2.75, 3.05) is 5.43 Å². The van der Waals surface area contributed by atoms with E-state index in [1.807, 2.05) is 6.07 Å². The maximum Gasteiger partial charge on any atom is 0.143 e. The summed E-state index contributed by atoms with van der Waals surface area (Å²) in [6.45, 7) is 0. The van der Waals surface area contributed by atoms with E-state index in [4.69, 9.17) is 5.84 Å². The minimum atomic E-state index is -0.0197. The monoisotopic (exact) mass is 240 g/mol. The minimum absolute atomic E-state index is 0.0197. The van der Waals surface area contributed by atoms with Crippen LogP contribution < -0.4 is 11.3 Å². The van der Waals surface area contributed by atoms with Crippen LogP contribution in [0.15, 0.2) is 42.6 Å². The van der Waals surface area contributed by atoms with Crippen LogP contribution in [0.4, 0.5) is 5.82 Å². The van der Waals surface area contributed by atoms with Gasteiger partial charge in [0.1, 0.15) is 11.6 Å². The summed E-state index contributed by atoms with van der Waals surface area (Å²) in [5, 5.41) is 0. The van der Waals surface area contributed by atoms with Crippen molar-refractivity contribution in [2.24, 2.45) is 5.84 Å². The van der Waals surface area contributed by atoms with Crippen molar-refractivity contribution in [3.05, 3.63) is 54.0 Å². The molecular formula is C14H16N4. The molecule has 1 fully saturated rings. The topological polar surface area (TPSA) is 63.8 Å². The van der Waals surface area contributed by atoms with Gasteiger partial charge in [-0.15, -0.1) is 0 Å². The van der Waals surface area contributed by atoms with Crippen LogP contribution in [0, 0.1) is 0 Å². The third-order valence-electron chi connectivity index (χ3n) is 3.76. The predicted molar refractivity (Wildman–Crippen MR) is 70.9 cm³/mol. The van der Waals surface area contributed by atoms with Crippen molar-refractivity contribution in [3.8, 4) is 0 Å². The van der Waals surface area contributed by atoms with E-state index in [0.29, 0.717) is 5.82 Å². The molecule has 1 aliphatic carbocycles. The van der Waals surface area contributed by atoms with Gasteiger partial charge in [-0.1, -0.05) is 36.8 Å². The number of nitrogens with two attached hydrogens (primary N) is 1. The molecule has 3 rings (SSSR count). The Morgan fingerprint density at radius 1 is 1.11 bits per heavy atom. The van der Waals surface area contributed by atoms with Gasteiger partial charge < -0.3 is 5.43 Å². The molecule has 1 aromatic carbocycles. The zero-order valence-corrected chi connectivity index (χ0v) is 10.1. The van der Waals surface area contributed by atoms with E-state index in [2.05, 4.69) is 39.7 Å². The highest BCUT2D eigenvalue weighted by Crippen LogP contribution is 2.47. The van der Waals surface area contributed by atoms with E-state index in [-0.39, 0.29) is 5.41 Å². The lowest BCUT2D eigenvalue weighted by Gasteiger charge is -2.41. The lowest BCUT2D eigenvalue weighted by Crippen LogP contribution is -2.37. The molecule has 1 saturated carbocycles. The van der Waals surface area contributed by atoms with Gasteiger partial charge in [0, 0.05) is 12.3 Å². The molecule has 4 nitrogen and oxygen atoms in total. The Labute approximate surface area is 106 Å². The minimum Gasteiger partial charge on any atom is -0.308 e. The van der Waals surface area contributed by atoms with E-state index in [1.54, 1.807) is 12.3 Å². The molecule has 1 aromatic heterocycles. The summed E-state index contributed by atoms with van der Waals surface area (Å²) >= 11 is 0. The number of anilines is 1. The van der Waals surface area contributed by atoms with E-state index in [9.17, 15) is 0 Å². The fourth-order valence-electron chi connectivity index (χ4n) is 2.60. The van der Waals surface area contributed by atoms with Crippen molar-refractivity contribution < 1.29 is 0 Å². The molecule has 1 heterocycles. The second-order valence-corrected chi connectivity index (χ2v) is 4.71. The molecule has 0 saturated heterocycles. The van der Waals surface area contributed by atoms with Gasteiger partial charge in [0.2, 0.25) is 0 Å². The van der Waals surface area contributed by atoms with Gasteiger partial charge in [-0.25, -0.2) is 15.8 Å². The van der Waals surface area contributed by atoms with Gasteiger partial charge in [0.25, 0.3) is 0 Å². The first kappa shape index (κ1) is 11.2. The van der Waals surface area contributed by atoms with Gasteiger partial charge in [-0.05, 0) is 18.4 Å². The molecule has 0 radical (unpaired) electrons. The lowest BCUT2D eigenvalue weighted by atomic mass is 9.64. The molecule has 2 aromatic rings. The standard InChI is InChI=1S/C14H16N4/c15-18-12-7-10-16-13(17-12)14(8-4-9-14)11-5-2-1-3-6-11/h1-3,5-7,10H,4,8-9,15H2,(H,16,17,18). The molecule has 0 bridgehead atoms.